The smallest absolute Gasteiger partial charge is 0.232 e. The van der Waals surface area contributed by atoms with Gasteiger partial charge < -0.3 is 15.0 Å². The lowest BCUT2D eigenvalue weighted by molar-refractivity contribution is 0.174. The number of thiazole rings is 1. The summed E-state index contributed by atoms with van der Waals surface area (Å²) in [4.78, 5) is 8.22. The molecular weight excluding hydrogens is 216 g/mol. The zero-order valence-corrected chi connectivity index (χ0v) is 8.95. The second-order valence-corrected chi connectivity index (χ2v) is 3.78. The Bertz CT molecular complexity index is 439. The molecule has 2 aromatic heterocycles. The Balaban J connectivity index is 2.04. The van der Waals surface area contributed by atoms with Gasteiger partial charge in [-0.05, 0) is 0 Å². The van der Waals surface area contributed by atoms with Crippen LogP contribution in [-0.4, -0.2) is 22.2 Å². The van der Waals surface area contributed by atoms with Gasteiger partial charge in [0.05, 0.1) is 12.1 Å². The van der Waals surface area contributed by atoms with Crippen LogP contribution in [0.1, 0.15) is 17.4 Å². The van der Waals surface area contributed by atoms with Gasteiger partial charge in [-0.2, -0.15) is 4.98 Å². The first-order chi connectivity index (χ1) is 7.28. The van der Waals surface area contributed by atoms with Crippen LogP contribution in [0.4, 0.5) is 5.13 Å². The molecule has 0 saturated carbocycles. The van der Waals surface area contributed by atoms with Gasteiger partial charge in [0.25, 0.3) is 0 Å². The predicted octanol–water partition coefficient (Wildman–Crippen LogP) is 0.846. The number of nitrogens with two attached hydrogens (primary N) is 1. The molecule has 80 valence electrons. The molecule has 0 fully saturated rings. The van der Waals surface area contributed by atoms with Crippen LogP contribution >= 0.6 is 11.3 Å². The van der Waals surface area contributed by atoms with Crippen molar-refractivity contribution in [3.63, 3.8) is 0 Å². The molecule has 15 heavy (non-hydrogen) atoms. The van der Waals surface area contributed by atoms with Crippen molar-refractivity contribution >= 4 is 16.5 Å². The summed E-state index contributed by atoms with van der Waals surface area (Å²) < 4.78 is 9.89. The van der Waals surface area contributed by atoms with Crippen molar-refractivity contribution in [1.29, 1.82) is 0 Å². The fourth-order valence-electron chi connectivity index (χ4n) is 1.11. The first kappa shape index (κ1) is 10.1. The lowest BCUT2D eigenvalue weighted by atomic mass is 10.3. The molecule has 0 atom stereocenters. The van der Waals surface area contributed by atoms with Gasteiger partial charge in [0.2, 0.25) is 5.89 Å². The average molecular weight is 226 g/mol. The summed E-state index contributed by atoms with van der Waals surface area (Å²) >= 11 is 1.39. The van der Waals surface area contributed by atoms with Gasteiger partial charge in [-0.15, -0.1) is 11.3 Å². The number of nitrogen functional groups attached to an aromatic ring is 1. The maximum atomic E-state index is 5.51. The van der Waals surface area contributed by atoms with Crippen LogP contribution in [-0.2, 0) is 17.8 Å². The van der Waals surface area contributed by atoms with Crippen molar-refractivity contribution < 1.29 is 9.26 Å². The summed E-state index contributed by atoms with van der Waals surface area (Å²) in [5.74, 6) is 1.06. The molecule has 0 aromatic carbocycles. The topological polar surface area (TPSA) is 87.1 Å². The van der Waals surface area contributed by atoms with Gasteiger partial charge in [0.15, 0.2) is 11.0 Å². The second kappa shape index (κ2) is 4.37. The van der Waals surface area contributed by atoms with Crippen LogP contribution in [0, 0.1) is 0 Å². The monoisotopic (exact) mass is 226 g/mol. The Hall–Kier alpha value is -1.47. The SMILES string of the molecule is COCc1noc(Cc2csc(N)n2)n1. The van der Waals surface area contributed by atoms with E-state index in [1.54, 1.807) is 7.11 Å². The molecule has 2 heterocycles. The van der Waals surface area contributed by atoms with E-state index in [2.05, 4.69) is 15.1 Å². The third-order valence-corrected chi connectivity index (χ3v) is 2.41. The van der Waals surface area contributed by atoms with Crippen molar-refractivity contribution in [2.75, 3.05) is 12.8 Å². The van der Waals surface area contributed by atoms with E-state index in [0.29, 0.717) is 29.9 Å². The van der Waals surface area contributed by atoms with E-state index < -0.39 is 0 Å². The largest absolute Gasteiger partial charge is 0.377 e. The van der Waals surface area contributed by atoms with Gasteiger partial charge in [-0.25, -0.2) is 4.98 Å². The van der Waals surface area contributed by atoms with E-state index in [4.69, 9.17) is 15.0 Å². The molecule has 0 bridgehead atoms. The molecule has 2 aromatic rings. The minimum atomic E-state index is 0.350. The Labute approximate surface area is 90.1 Å². The average Bonchev–Trinajstić information content (AvgIpc) is 2.78. The van der Waals surface area contributed by atoms with E-state index >= 15 is 0 Å². The van der Waals surface area contributed by atoms with E-state index in [1.165, 1.54) is 11.3 Å². The van der Waals surface area contributed by atoms with Crippen LogP contribution in [0.15, 0.2) is 9.90 Å². The van der Waals surface area contributed by atoms with E-state index in [1.807, 2.05) is 5.38 Å². The molecule has 0 unspecified atom stereocenters. The van der Waals surface area contributed by atoms with Gasteiger partial charge in [0.1, 0.15) is 6.61 Å². The van der Waals surface area contributed by atoms with E-state index in [-0.39, 0.29) is 0 Å². The van der Waals surface area contributed by atoms with Crippen LogP contribution in [0.5, 0.6) is 0 Å². The Morgan fingerprint density at radius 3 is 3.07 bits per heavy atom. The van der Waals surface area contributed by atoms with Crippen molar-refractivity contribution in [3.05, 3.63) is 22.8 Å². The molecule has 0 aliphatic heterocycles. The minimum absolute atomic E-state index is 0.350. The third-order valence-electron chi connectivity index (χ3n) is 1.69. The van der Waals surface area contributed by atoms with Gasteiger partial charge in [-0.3, -0.25) is 0 Å². The highest BCUT2D eigenvalue weighted by Crippen LogP contribution is 2.14. The summed E-state index contributed by atoms with van der Waals surface area (Å²) in [5.41, 5.74) is 6.34. The maximum Gasteiger partial charge on any atom is 0.232 e. The van der Waals surface area contributed by atoms with Crippen LogP contribution in [0.25, 0.3) is 0 Å². The molecule has 0 spiro atoms. The number of aromatic nitrogens is 3. The van der Waals surface area contributed by atoms with Crippen LogP contribution < -0.4 is 5.73 Å². The highest BCUT2D eigenvalue weighted by atomic mass is 32.1. The first-order valence-electron chi connectivity index (χ1n) is 4.28. The Morgan fingerprint density at radius 2 is 2.40 bits per heavy atom. The number of anilines is 1. The highest BCUT2D eigenvalue weighted by Gasteiger charge is 2.08. The molecule has 0 radical (unpaired) electrons. The summed E-state index contributed by atoms with van der Waals surface area (Å²) in [7, 11) is 1.58. The summed E-state index contributed by atoms with van der Waals surface area (Å²) in [6.45, 7) is 0.350. The second-order valence-electron chi connectivity index (χ2n) is 2.89. The standard InChI is InChI=1S/C8H10N4O2S/c1-13-3-6-11-7(14-12-6)2-5-4-15-8(9)10-5/h4H,2-3H2,1H3,(H2,9,10). The molecule has 2 N–H and O–H groups in total. The van der Waals surface area contributed by atoms with E-state index in [0.717, 1.165) is 5.69 Å². The van der Waals surface area contributed by atoms with Crippen molar-refractivity contribution in [1.82, 2.24) is 15.1 Å². The molecule has 0 saturated heterocycles. The number of methoxy groups -OCH3 is 1. The van der Waals surface area contributed by atoms with Gasteiger partial charge >= 0.3 is 0 Å². The molecule has 0 aliphatic carbocycles. The number of hydrogen-bond acceptors (Lipinski definition) is 7. The molecular formula is C8H10N4O2S. The number of nitrogens with zero attached hydrogens (tertiary/aromatic N) is 3. The van der Waals surface area contributed by atoms with Crippen molar-refractivity contribution in [3.8, 4) is 0 Å². The molecule has 0 amide bonds. The zero-order chi connectivity index (χ0) is 10.7. The van der Waals surface area contributed by atoms with Gasteiger partial charge in [-0.1, -0.05) is 5.16 Å². The Kier molecular flexibility index (Phi) is 2.93. The lowest BCUT2D eigenvalue weighted by Gasteiger charge is -1.88. The van der Waals surface area contributed by atoms with Gasteiger partial charge in [0, 0.05) is 12.5 Å². The Morgan fingerprint density at radius 1 is 1.53 bits per heavy atom. The molecule has 0 aliphatic rings. The van der Waals surface area contributed by atoms with Crippen molar-refractivity contribution in [2.24, 2.45) is 0 Å². The molecule has 7 heteroatoms. The zero-order valence-electron chi connectivity index (χ0n) is 8.14. The third kappa shape index (κ3) is 2.51. The lowest BCUT2D eigenvalue weighted by Crippen LogP contribution is -1.92. The summed E-state index contributed by atoms with van der Waals surface area (Å²) in [6, 6.07) is 0. The number of hydrogen-bond donors (Lipinski definition) is 1. The van der Waals surface area contributed by atoms with Crippen molar-refractivity contribution in [2.45, 2.75) is 13.0 Å². The summed E-state index contributed by atoms with van der Waals surface area (Å²) in [5, 5.41) is 6.16. The summed E-state index contributed by atoms with van der Waals surface area (Å²) in [6.07, 6.45) is 0.504. The molecule has 2 rings (SSSR count). The molecule has 6 nitrogen and oxygen atoms in total. The van der Waals surface area contributed by atoms with Crippen LogP contribution in [0.2, 0.25) is 0 Å². The quantitative estimate of drug-likeness (QED) is 0.831. The fourth-order valence-corrected chi connectivity index (χ4v) is 1.67. The normalized spacial score (nSPS) is 10.7. The minimum Gasteiger partial charge on any atom is -0.377 e. The van der Waals surface area contributed by atoms with Crippen LogP contribution in [0.3, 0.4) is 0 Å². The maximum absolute atomic E-state index is 5.51. The highest BCUT2D eigenvalue weighted by molar-refractivity contribution is 7.13. The fraction of sp³-hybridized carbons (Fsp3) is 0.375. The first-order valence-corrected chi connectivity index (χ1v) is 5.16. The predicted molar refractivity (Wildman–Crippen MR) is 54.3 cm³/mol. The number of rotatable bonds is 4. The number of ether oxygens (including phenoxy) is 1. The van der Waals surface area contributed by atoms with E-state index in [9.17, 15) is 0 Å².